The third kappa shape index (κ3) is 2.89. The predicted molar refractivity (Wildman–Crippen MR) is 76.1 cm³/mol. The fourth-order valence-corrected chi connectivity index (χ4v) is 1.72. The molecule has 20 heavy (non-hydrogen) atoms. The summed E-state index contributed by atoms with van der Waals surface area (Å²) in [7, 11) is 0. The molecule has 0 aliphatic carbocycles. The van der Waals surface area contributed by atoms with E-state index < -0.39 is 0 Å². The van der Waals surface area contributed by atoms with Crippen LogP contribution < -0.4 is 10.1 Å². The monoisotopic (exact) mass is 264 g/mol. The number of rotatable bonds is 4. The SMILES string of the molecule is c1ccc(Nc2ccccc2Oc2ncncn2)cc1. The zero-order valence-electron chi connectivity index (χ0n) is 10.6. The van der Waals surface area contributed by atoms with Gasteiger partial charge >= 0.3 is 6.01 Å². The number of nitrogens with zero attached hydrogens (tertiary/aromatic N) is 3. The lowest BCUT2D eigenvalue weighted by atomic mass is 10.2. The molecule has 1 heterocycles. The maximum atomic E-state index is 5.66. The number of anilines is 2. The van der Waals surface area contributed by atoms with Crippen LogP contribution in [0.15, 0.2) is 67.3 Å². The van der Waals surface area contributed by atoms with Gasteiger partial charge in [-0.05, 0) is 24.3 Å². The Morgan fingerprint density at radius 3 is 2.30 bits per heavy atom. The first-order valence-corrected chi connectivity index (χ1v) is 6.13. The van der Waals surface area contributed by atoms with Gasteiger partial charge in [-0.1, -0.05) is 30.3 Å². The lowest BCUT2D eigenvalue weighted by Gasteiger charge is -2.11. The zero-order valence-corrected chi connectivity index (χ0v) is 10.6. The molecular weight excluding hydrogens is 252 g/mol. The van der Waals surface area contributed by atoms with E-state index in [-0.39, 0.29) is 6.01 Å². The molecule has 0 saturated carbocycles. The van der Waals surface area contributed by atoms with Crippen LogP contribution in [0.5, 0.6) is 11.8 Å². The summed E-state index contributed by atoms with van der Waals surface area (Å²) >= 11 is 0. The van der Waals surface area contributed by atoms with Crippen LogP contribution in [0.1, 0.15) is 0 Å². The second-order valence-electron chi connectivity index (χ2n) is 4.01. The molecule has 0 aliphatic rings. The Morgan fingerprint density at radius 1 is 0.800 bits per heavy atom. The molecule has 2 aromatic carbocycles. The first-order valence-electron chi connectivity index (χ1n) is 6.13. The van der Waals surface area contributed by atoms with Crippen molar-refractivity contribution >= 4 is 11.4 Å². The lowest BCUT2D eigenvalue weighted by molar-refractivity contribution is 0.441. The molecule has 3 rings (SSSR count). The van der Waals surface area contributed by atoms with E-state index >= 15 is 0 Å². The summed E-state index contributed by atoms with van der Waals surface area (Å²) in [5.41, 5.74) is 1.83. The maximum Gasteiger partial charge on any atom is 0.325 e. The molecule has 0 spiro atoms. The van der Waals surface area contributed by atoms with Crippen molar-refractivity contribution in [3.8, 4) is 11.8 Å². The average molecular weight is 264 g/mol. The van der Waals surface area contributed by atoms with E-state index in [1.165, 1.54) is 12.7 Å². The largest absolute Gasteiger partial charge is 0.422 e. The van der Waals surface area contributed by atoms with Gasteiger partial charge in [-0.2, -0.15) is 9.97 Å². The van der Waals surface area contributed by atoms with Crippen LogP contribution in [-0.4, -0.2) is 15.0 Å². The molecule has 5 heteroatoms. The van der Waals surface area contributed by atoms with E-state index in [0.717, 1.165) is 11.4 Å². The van der Waals surface area contributed by atoms with Gasteiger partial charge in [0.15, 0.2) is 5.75 Å². The highest BCUT2D eigenvalue weighted by atomic mass is 16.5. The molecule has 0 unspecified atom stereocenters. The van der Waals surface area contributed by atoms with Crippen molar-refractivity contribution in [1.29, 1.82) is 0 Å². The van der Waals surface area contributed by atoms with Crippen molar-refractivity contribution in [2.45, 2.75) is 0 Å². The topological polar surface area (TPSA) is 59.9 Å². The molecule has 1 N–H and O–H groups in total. The normalized spacial score (nSPS) is 10.0. The maximum absolute atomic E-state index is 5.66. The fraction of sp³-hybridized carbons (Fsp3) is 0. The Morgan fingerprint density at radius 2 is 1.50 bits per heavy atom. The molecule has 3 aromatic rings. The Hall–Kier alpha value is -2.95. The van der Waals surface area contributed by atoms with E-state index in [1.54, 1.807) is 0 Å². The summed E-state index contributed by atoms with van der Waals surface area (Å²) in [6.45, 7) is 0. The minimum atomic E-state index is 0.266. The molecule has 0 saturated heterocycles. The Bertz CT molecular complexity index is 613. The summed E-state index contributed by atoms with van der Waals surface area (Å²) < 4.78 is 5.66. The van der Waals surface area contributed by atoms with Crippen LogP contribution in [0.3, 0.4) is 0 Å². The van der Waals surface area contributed by atoms with Gasteiger partial charge in [-0.15, -0.1) is 0 Å². The second-order valence-corrected chi connectivity index (χ2v) is 4.01. The predicted octanol–water partition coefficient (Wildman–Crippen LogP) is 3.41. The van der Waals surface area contributed by atoms with Crippen LogP contribution in [-0.2, 0) is 0 Å². The van der Waals surface area contributed by atoms with Crippen molar-refractivity contribution in [1.82, 2.24) is 15.0 Å². The average Bonchev–Trinajstić information content (AvgIpc) is 2.51. The van der Waals surface area contributed by atoms with Crippen molar-refractivity contribution < 1.29 is 4.74 Å². The van der Waals surface area contributed by atoms with Crippen LogP contribution in [0.4, 0.5) is 11.4 Å². The molecule has 0 radical (unpaired) electrons. The Balaban J connectivity index is 1.85. The Kier molecular flexibility index (Phi) is 3.51. The molecule has 0 aliphatic heterocycles. The van der Waals surface area contributed by atoms with Crippen molar-refractivity contribution in [2.75, 3.05) is 5.32 Å². The van der Waals surface area contributed by atoms with E-state index in [4.69, 9.17) is 4.74 Å². The summed E-state index contributed by atoms with van der Waals surface area (Å²) in [5, 5.41) is 3.30. The molecule has 0 atom stereocenters. The summed E-state index contributed by atoms with van der Waals surface area (Å²) in [5.74, 6) is 0.655. The molecule has 0 bridgehead atoms. The minimum Gasteiger partial charge on any atom is -0.422 e. The van der Waals surface area contributed by atoms with E-state index in [0.29, 0.717) is 5.75 Å². The van der Waals surface area contributed by atoms with Gasteiger partial charge in [0.05, 0.1) is 5.69 Å². The highest BCUT2D eigenvalue weighted by molar-refractivity contribution is 5.66. The summed E-state index contributed by atoms with van der Waals surface area (Å²) in [4.78, 5) is 11.7. The van der Waals surface area contributed by atoms with Gasteiger partial charge in [-0.3, -0.25) is 0 Å². The van der Waals surface area contributed by atoms with E-state index in [9.17, 15) is 0 Å². The summed E-state index contributed by atoms with van der Waals surface area (Å²) in [6.07, 6.45) is 2.80. The quantitative estimate of drug-likeness (QED) is 0.782. The van der Waals surface area contributed by atoms with Gasteiger partial charge in [-0.25, -0.2) is 4.98 Å². The first-order chi connectivity index (χ1) is 9.92. The molecule has 5 nitrogen and oxygen atoms in total. The van der Waals surface area contributed by atoms with Crippen LogP contribution in [0.25, 0.3) is 0 Å². The van der Waals surface area contributed by atoms with Gasteiger partial charge in [0, 0.05) is 5.69 Å². The number of ether oxygens (including phenoxy) is 1. The smallest absolute Gasteiger partial charge is 0.325 e. The highest BCUT2D eigenvalue weighted by Crippen LogP contribution is 2.29. The molecule has 1 aromatic heterocycles. The van der Waals surface area contributed by atoms with Crippen LogP contribution in [0.2, 0.25) is 0 Å². The van der Waals surface area contributed by atoms with Crippen LogP contribution in [0, 0.1) is 0 Å². The van der Waals surface area contributed by atoms with Gasteiger partial charge < -0.3 is 10.1 Å². The Labute approximate surface area is 116 Å². The minimum absolute atomic E-state index is 0.266. The molecule has 0 amide bonds. The van der Waals surface area contributed by atoms with Gasteiger partial charge in [0.25, 0.3) is 0 Å². The van der Waals surface area contributed by atoms with Crippen molar-refractivity contribution in [3.05, 3.63) is 67.3 Å². The third-order valence-electron chi connectivity index (χ3n) is 2.61. The number of para-hydroxylation sites is 3. The van der Waals surface area contributed by atoms with Crippen molar-refractivity contribution in [3.63, 3.8) is 0 Å². The van der Waals surface area contributed by atoms with E-state index in [2.05, 4.69) is 20.3 Å². The third-order valence-corrected chi connectivity index (χ3v) is 2.61. The van der Waals surface area contributed by atoms with E-state index in [1.807, 2.05) is 54.6 Å². The zero-order chi connectivity index (χ0) is 13.6. The van der Waals surface area contributed by atoms with Gasteiger partial charge in [0.2, 0.25) is 0 Å². The molecular formula is C15H12N4O. The fourth-order valence-electron chi connectivity index (χ4n) is 1.72. The number of hydrogen-bond donors (Lipinski definition) is 1. The number of aromatic nitrogens is 3. The summed E-state index contributed by atoms with van der Waals surface area (Å²) in [6, 6.07) is 17.8. The second kappa shape index (κ2) is 5.79. The molecule has 0 fully saturated rings. The van der Waals surface area contributed by atoms with Crippen LogP contribution >= 0.6 is 0 Å². The lowest BCUT2D eigenvalue weighted by Crippen LogP contribution is -1.96. The molecule has 98 valence electrons. The number of benzene rings is 2. The van der Waals surface area contributed by atoms with Crippen molar-refractivity contribution in [2.24, 2.45) is 0 Å². The number of hydrogen-bond acceptors (Lipinski definition) is 5. The van der Waals surface area contributed by atoms with Gasteiger partial charge in [0.1, 0.15) is 12.7 Å². The standard InChI is InChI=1S/C15H12N4O/c1-2-6-12(7-3-1)19-13-8-4-5-9-14(13)20-15-17-10-16-11-18-15/h1-11,19H. The first kappa shape index (κ1) is 12.1. The highest BCUT2D eigenvalue weighted by Gasteiger charge is 2.05. The number of nitrogens with one attached hydrogen (secondary N) is 1.